The highest BCUT2D eigenvalue weighted by atomic mass is 16.6. The van der Waals surface area contributed by atoms with Crippen molar-refractivity contribution < 1.29 is 24.4 Å². The third kappa shape index (κ3) is 3.72. The van der Waals surface area contributed by atoms with Gasteiger partial charge in [0.25, 0.3) is 0 Å². The van der Waals surface area contributed by atoms with Gasteiger partial charge in [-0.2, -0.15) is 0 Å². The lowest BCUT2D eigenvalue weighted by Crippen LogP contribution is -2.34. The van der Waals surface area contributed by atoms with Crippen molar-refractivity contribution in [2.75, 3.05) is 20.1 Å². The molecule has 5 aliphatic rings. The lowest BCUT2D eigenvalue weighted by molar-refractivity contribution is 0.220. The molecule has 9 rings (SSSR count). The van der Waals surface area contributed by atoms with E-state index in [0.29, 0.717) is 47.5 Å². The van der Waals surface area contributed by atoms with Crippen LogP contribution in [0, 0.1) is 0 Å². The maximum atomic E-state index is 11.0. The normalized spacial score (nSPS) is 18.6. The number of fused-ring (bicyclic) bond motifs is 2. The maximum Gasteiger partial charge on any atom is 0.212 e. The fraction of sp³-hybridized carbons (Fsp3) is 0.242. The topological polar surface area (TPSA) is 83.8 Å². The number of benzene rings is 4. The average Bonchev–Trinajstić information content (AvgIpc) is 2.95. The Kier molecular flexibility index (Phi) is 5.13. The molecular formula is C33H28N2O5. The molecule has 0 unspecified atom stereocenters. The second-order valence-electron chi connectivity index (χ2n) is 11.0. The monoisotopic (exact) mass is 532 g/mol. The molecule has 0 aliphatic carbocycles. The van der Waals surface area contributed by atoms with Gasteiger partial charge in [-0.1, -0.05) is 18.2 Å². The minimum atomic E-state index is 0.0318. The highest BCUT2D eigenvalue weighted by molar-refractivity contribution is 6.04. The Morgan fingerprint density at radius 3 is 2.45 bits per heavy atom. The summed E-state index contributed by atoms with van der Waals surface area (Å²) in [5.74, 6) is 3.49. The van der Waals surface area contributed by atoms with Crippen molar-refractivity contribution in [3.05, 3.63) is 94.0 Å². The van der Waals surface area contributed by atoms with Crippen LogP contribution in [0.2, 0.25) is 0 Å². The van der Waals surface area contributed by atoms with E-state index in [9.17, 15) is 10.2 Å². The largest absolute Gasteiger partial charge is 0.504 e. The van der Waals surface area contributed by atoms with Gasteiger partial charge in [0.1, 0.15) is 5.75 Å². The minimum Gasteiger partial charge on any atom is -0.504 e. The first-order chi connectivity index (χ1) is 19.5. The van der Waals surface area contributed by atoms with Crippen LogP contribution in [0.4, 0.5) is 0 Å². The minimum absolute atomic E-state index is 0.0318. The molecule has 40 heavy (non-hydrogen) atoms. The van der Waals surface area contributed by atoms with Gasteiger partial charge in [-0.05, 0) is 91.0 Å². The Balaban J connectivity index is 1.33. The molecule has 4 aromatic carbocycles. The molecule has 200 valence electrons. The number of ether oxygens (including phenoxy) is 3. The van der Waals surface area contributed by atoms with Crippen molar-refractivity contribution in [3.8, 4) is 46.0 Å². The molecule has 4 aromatic rings. The summed E-state index contributed by atoms with van der Waals surface area (Å²) in [6.45, 7) is 1.55. The van der Waals surface area contributed by atoms with Crippen molar-refractivity contribution >= 4 is 5.71 Å². The van der Waals surface area contributed by atoms with Crippen LogP contribution in [0.1, 0.15) is 39.4 Å². The summed E-state index contributed by atoms with van der Waals surface area (Å²) in [4.78, 5) is 7.22. The van der Waals surface area contributed by atoms with E-state index in [2.05, 4.69) is 24.1 Å². The number of hydrogen-bond donors (Lipinski definition) is 2. The van der Waals surface area contributed by atoms with Crippen molar-refractivity contribution in [2.24, 2.45) is 4.99 Å². The molecule has 0 spiro atoms. The van der Waals surface area contributed by atoms with Crippen molar-refractivity contribution in [1.82, 2.24) is 4.90 Å². The quantitative estimate of drug-likeness (QED) is 0.238. The van der Waals surface area contributed by atoms with E-state index in [4.69, 9.17) is 19.2 Å². The van der Waals surface area contributed by atoms with Crippen LogP contribution < -0.4 is 14.2 Å². The first kappa shape index (κ1) is 23.4. The number of aliphatic imine (C=N–C) groups is 1. The third-order valence-electron chi connectivity index (χ3n) is 8.50. The average molecular weight is 533 g/mol. The van der Waals surface area contributed by atoms with Crippen LogP contribution in [0.15, 0.2) is 65.7 Å². The zero-order valence-electron chi connectivity index (χ0n) is 22.1. The van der Waals surface area contributed by atoms with E-state index in [1.54, 1.807) is 6.07 Å². The van der Waals surface area contributed by atoms with Gasteiger partial charge in [-0.15, -0.1) is 0 Å². The summed E-state index contributed by atoms with van der Waals surface area (Å²) in [7, 11) is 2.13. The van der Waals surface area contributed by atoms with E-state index in [1.807, 2.05) is 42.5 Å². The molecule has 0 fully saturated rings. The van der Waals surface area contributed by atoms with E-state index in [0.717, 1.165) is 64.9 Å². The van der Waals surface area contributed by atoms with Crippen LogP contribution in [-0.2, 0) is 25.7 Å². The molecular weight excluding hydrogens is 504 g/mol. The molecule has 0 saturated carbocycles. The van der Waals surface area contributed by atoms with E-state index < -0.39 is 0 Å². The van der Waals surface area contributed by atoms with Crippen molar-refractivity contribution in [2.45, 2.75) is 31.7 Å². The number of aromatic hydroxyl groups is 2. The second kappa shape index (κ2) is 8.76. The Morgan fingerprint density at radius 2 is 1.57 bits per heavy atom. The van der Waals surface area contributed by atoms with Gasteiger partial charge in [-0.3, -0.25) is 9.89 Å². The molecule has 5 heterocycles. The van der Waals surface area contributed by atoms with E-state index >= 15 is 0 Å². The van der Waals surface area contributed by atoms with Crippen LogP contribution >= 0.6 is 0 Å². The first-order valence-corrected chi connectivity index (χ1v) is 13.7. The predicted octanol–water partition coefficient (Wildman–Crippen LogP) is 6.46. The van der Waals surface area contributed by atoms with Gasteiger partial charge in [-0.25, -0.2) is 0 Å². The molecule has 5 aliphatic heterocycles. The number of rotatable bonds is 0. The number of nitrogens with zero attached hydrogens (tertiary/aromatic N) is 2. The lowest BCUT2D eigenvalue weighted by Gasteiger charge is -2.37. The Hall–Kier alpha value is -4.49. The first-order valence-electron chi connectivity index (χ1n) is 13.7. The smallest absolute Gasteiger partial charge is 0.212 e. The molecule has 0 saturated heterocycles. The number of phenolic OH excluding ortho intramolecular Hbond substituents is 2. The molecule has 0 amide bonds. The van der Waals surface area contributed by atoms with Crippen LogP contribution in [0.25, 0.3) is 0 Å². The summed E-state index contributed by atoms with van der Waals surface area (Å²) in [5, 5.41) is 21.6. The molecule has 1 atom stereocenters. The molecule has 7 heteroatoms. The number of phenols is 2. The standard InChI is InChI=1S/C33H28N2O5/c1-35-11-9-21-15-27(37)32-33-31(21)25(35)13-18-2-5-22(6-3-18)38-28-14-19(4-7-26(28)36)12-24-23-17-30(40-33)29(39-32)16-20(23)8-10-34-24/h2-7,14-17,25,36-37H,8-13H2,1H3/t25-/m0/s1. The highest BCUT2D eigenvalue weighted by Gasteiger charge is 2.36. The summed E-state index contributed by atoms with van der Waals surface area (Å²) >= 11 is 0. The van der Waals surface area contributed by atoms with Crippen LogP contribution in [-0.4, -0.2) is 41.0 Å². The van der Waals surface area contributed by atoms with E-state index in [1.165, 1.54) is 0 Å². The van der Waals surface area contributed by atoms with Gasteiger partial charge in [0.15, 0.2) is 34.5 Å². The molecule has 0 radical (unpaired) electrons. The van der Waals surface area contributed by atoms with Crippen molar-refractivity contribution in [1.29, 1.82) is 0 Å². The summed E-state index contributed by atoms with van der Waals surface area (Å²) in [5.41, 5.74) is 7.39. The Labute approximate surface area is 231 Å². The Bertz CT molecular complexity index is 1730. The van der Waals surface area contributed by atoms with Gasteiger partial charge in [0.2, 0.25) is 5.75 Å². The van der Waals surface area contributed by atoms with Crippen LogP contribution in [0.5, 0.6) is 46.0 Å². The zero-order valence-corrected chi connectivity index (χ0v) is 22.1. The number of hydrogen-bond acceptors (Lipinski definition) is 7. The summed E-state index contributed by atoms with van der Waals surface area (Å²) in [6, 6.07) is 19.4. The van der Waals surface area contributed by atoms with E-state index in [-0.39, 0.29) is 17.5 Å². The zero-order chi connectivity index (χ0) is 27.0. The highest BCUT2D eigenvalue weighted by Crippen LogP contribution is 2.55. The van der Waals surface area contributed by atoms with Crippen molar-refractivity contribution in [3.63, 3.8) is 0 Å². The predicted molar refractivity (Wildman–Crippen MR) is 151 cm³/mol. The van der Waals surface area contributed by atoms with Gasteiger partial charge < -0.3 is 24.4 Å². The molecule has 7 bridgehead atoms. The number of likely N-dealkylation sites (N-methyl/N-ethyl adjacent to an activating group) is 1. The fourth-order valence-electron chi connectivity index (χ4n) is 6.39. The third-order valence-corrected chi connectivity index (χ3v) is 8.50. The lowest BCUT2D eigenvalue weighted by atomic mass is 9.87. The summed E-state index contributed by atoms with van der Waals surface area (Å²) in [6.07, 6.45) is 2.94. The molecule has 2 N–H and O–H groups in total. The van der Waals surface area contributed by atoms with Gasteiger partial charge >= 0.3 is 0 Å². The maximum absolute atomic E-state index is 11.0. The second-order valence-corrected chi connectivity index (χ2v) is 11.0. The SMILES string of the molecule is CN1CCc2cc(O)c3c4c2[C@@H]1Cc1ccc(cc1)Oc1cc(ccc1O)CC1=NCCc2cc(c(cc21)O4)O3. The molecule has 0 aromatic heterocycles. The molecule has 7 nitrogen and oxygen atoms in total. The summed E-state index contributed by atoms with van der Waals surface area (Å²) < 4.78 is 19.2. The van der Waals surface area contributed by atoms with Gasteiger partial charge in [0, 0.05) is 42.4 Å². The van der Waals surface area contributed by atoms with Crippen LogP contribution in [0.3, 0.4) is 0 Å². The fourth-order valence-corrected chi connectivity index (χ4v) is 6.39. The Morgan fingerprint density at radius 1 is 0.775 bits per heavy atom. The van der Waals surface area contributed by atoms with Gasteiger partial charge in [0.05, 0.1) is 0 Å².